The first kappa shape index (κ1) is 31.2. The van der Waals surface area contributed by atoms with Crippen molar-refractivity contribution >= 4 is 54.1 Å². The van der Waals surface area contributed by atoms with E-state index in [2.05, 4.69) is 190 Å². The van der Waals surface area contributed by atoms with Gasteiger partial charge in [-0.1, -0.05) is 109 Å². The van der Waals surface area contributed by atoms with E-state index >= 15 is 0 Å². The summed E-state index contributed by atoms with van der Waals surface area (Å²) in [5, 5.41) is 9.99. The van der Waals surface area contributed by atoms with Crippen LogP contribution in [0.2, 0.25) is 0 Å². The number of nitrogens with zero attached hydrogens (tertiary/aromatic N) is 3. The lowest BCUT2D eigenvalue weighted by Crippen LogP contribution is -1.96. The third kappa shape index (κ3) is 5.05. The molecule has 3 aromatic heterocycles. The van der Waals surface area contributed by atoms with Gasteiger partial charge in [-0.3, -0.25) is 9.97 Å². The standard InChI is InChI=1S/C52H33N3/c1-2-10-34(11-3-1)35-18-20-41(21-19-35)55-49-17-9-8-16-46(49)50-45-15-7-5-13-43(45)48-33-47(42-12-4-6-14-44(42)51(48)52(50)55)40-31-38(36-22-26-53-27-23-36)30-39(32-40)37-24-28-54-29-25-37/h1-33H. The van der Waals surface area contributed by atoms with Crippen molar-refractivity contribution in [3.8, 4) is 50.2 Å². The van der Waals surface area contributed by atoms with E-state index in [4.69, 9.17) is 0 Å². The molecule has 0 spiro atoms. The fraction of sp³-hybridized carbons (Fsp3) is 0. The van der Waals surface area contributed by atoms with Gasteiger partial charge in [0.05, 0.1) is 11.0 Å². The maximum Gasteiger partial charge on any atom is 0.0632 e. The zero-order chi connectivity index (χ0) is 36.3. The molecule has 0 aliphatic rings. The van der Waals surface area contributed by atoms with Crippen molar-refractivity contribution in [3.05, 3.63) is 201 Å². The van der Waals surface area contributed by atoms with E-state index in [-0.39, 0.29) is 0 Å². The molecule has 0 unspecified atom stereocenters. The van der Waals surface area contributed by atoms with Crippen LogP contribution in [-0.2, 0) is 0 Å². The van der Waals surface area contributed by atoms with Crippen molar-refractivity contribution in [2.75, 3.05) is 0 Å². The van der Waals surface area contributed by atoms with Crippen LogP contribution in [0.4, 0.5) is 0 Å². The van der Waals surface area contributed by atoms with E-state index in [1.807, 2.05) is 24.8 Å². The highest BCUT2D eigenvalue weighted by Gasteiger charge is 2.22. The molecule has 8 aromatic carbocycles. The van der Waals surface area contributed by atoms with E-state index in [0.717, 1.165) is 27.9 Å². The molecule has 0 aliphatic carbocycles. The number of pyridine rings is 2. The van der Waals surface area contributed by atoms with Gasteiger partial charge in [0.15, 0.2) is 0 Å². The summed E-state index contributed by atoms with van der Waals surface area (Å²) < 4.78 is 2.49. The van der Waals surface area contributed by atoms with Crippen LogP contribution in [-0.4, -0.2) is 14.5 Å². The summed E-state index contributed by atoms with van der Waals surface area (Å²) in [6.45, 7) is 0. The molecule has 0 fully saturated rings. The van der Waals surface area contributed by atoms with Crippen molar-refractivity contribution < 1.29 is 0 Å². The number of hydrogen-bond acceptors (Lipinski definition) is 2. The molecule has 0 radical (unpaired) electrons. The van der Waals surface area contributed by atoms with Crippen LogP contribution in [0.3, 0.4) is 0 Å². The molecule has 11 rings (SSSR count). The molecule has 0 atom stereocenters. The van der Waals surface area contributed by atoms with Crippen LogP contribution in [0.5, 0.6) is 0 Å². The molecule has 0 bridgehead atoms. The van der Waals surface area contributed by atoms with Crippen molar-refractivity contribution in [1.82, 2.24) is 14.5 Å². The lowest BCUT2D eigenvalue weighted by molar-refractivity contribution is 1.19. The molecule has 3 heterocycles. The van der Waals surface area contributed by atoms with Gasteiger partial charge in [0.25, 0.3) is 0 Å². The molecule has 11 aromatic rings. The van der Waals surface area contributed by atoms with Crippen LogP contribution >= 0.6 is 0 Å². The highest BCUT2D eigenvalue weighted by atomic mass is 15.0. The maximum absolute atomic E-state index is 4.31. The quantitative estimate of drug-likeness (QED) is 0.167. The summed E-state index contributed by atoms with van der Waals surface area (Å²) in [5.74, 6) is 0. The molecule has 3 heteroatoms. The molecular weight excluding hydrogens is 667 g/mol. The van der Waals surface area contributed by atoms with Crippen molar-refractivity contribution in [2.24, 2.45) is 0 Å². The van der Waals surface area contributed by atoms with E-state index in [9.17, 15) is 0 Å². The third-order valence-corrected chi connectivity index (χ3v) is 11.1. The Labute approximate surface area is 318 Å². The lowest BCUT2D eigenvalue weighted by Gasteiger charge is -2.18. The monoisotopic (exact) mass is 699 g/mol. The summed E-state index contributed by atoms with van der Waals surface area (Å²) in [7, 11) is 0. The first-order valence-electron chi connectivity index (χ1n) is 18.7. The van der Waals surface area contributed by atoms with Crippen molar-refractivity contribution in [3.63, 3.8) is 0 Å². The fourth-order valence-electron chi connectivity index (χ4n) is 8.67. The Hall–Kier alpha value is -7.36. The van der Waals surface area contributed by atoms with E-state index in [1.165, 1.54) is 76.4 Å². The second-order valence-electron chi connectivity index (χ2n) is 14.2. The summed E-state index contributed by atoms with van der Waals surface area (Å²) in [6.07, 6.45) is 7.47. The fourth-order valence-corrected chi connectivity index (χ4v) is 8.67. The third-order valence-electron chi connectivity index (χ3n) is 11.1. The summed E-state index contributed by atoms with van der Waals surface area (Å²) in [4.78, 5) is 8.63. The van der Waals surface area contributed by atoms with Gasteiger partial charge in [0.1, 0.15) is 0 Å². The molecule has 0 saturated heterocycles. The summed E-state index contributed by atoms with van der Waals surface area (Å²) in [5.41, 5.74) is 12.9. The minimum atomic E-state index is 1.13. The molecule has 0 aliphatic heterocycles. The van der Waals surface area contributed by atoms with Crippen LogP contribution in [0.25, 0.3) is 104 Å². The Morgan fingerprint density at radius 1 is 0.309 bits per heavy atom. The van der Waals surface area contributed by atoms with Gasteiger partial charge in [-0.15, -0.1) is 0 Å². The SMILES string of the molecule is c1ccc(-c2ccc(-n3c4ccccc4c4c5ccccc5c5cc(-c6cc(-c7ccncc7)cc(-c7ccncc7)c6)c6ccccc6c5c43)cc2)cc1. The number of aromatic nitrogens is 3. The zero-order valence-electron chi connectivity index (χ0n) is 29.9. The largest absolute Gasteiger partial charge is 0.309 e. The van der Waals surface area contributed by atoms with Crippen LogP contribution in [0.1, 0.15) is 0 Å². The normalized spacial score (nSPS) is 11.6. The van der Waals surface area contributed by atoms with Gasteiger partial charge in [0, 0.05) is 46.6 Å². The molecule has 0 saturated carbocycles. The predicted molar refractivity (Wildman–Crippen MR) is 231 cm³/mol. The zero-order valence-corrected chi connectivity index (χ0v) is 29.9. The van der Waals surface area contributed by atoms with Gasteiger partial charge < -0.3 is 4.57 Å². The number of benzene rings is 8. The van der Waals surface area contributed by atoms with Crippen molar-refractivity contribution in [2.45, 2.75) is 0 Å². The van der Waals surface area contributed by atoms with E-state index < -0.39 is 0 Å². The Balaban J connectivity index is 1.26. The van der Waals surface area contributed by atoms with Crippen LogP contribution < -0.4 is 0 Å². The average molecular weight is 700 g/mol. The predicted octanol–water partition coefficient (Wildman–Crippen LogP) is 13.7. The molecule has 0 amide bonds. The lowest BCUT2D eigenvalue weighted by atomic mass is 9.87. The molecule has 3 nitrogen and oxygen atoms in total. The summed E-state index contributed by atoms with van der Waals surface area (Å²) in [6, 6.07) is 64.2. The second-order valence-corrected chi connectivity index (χ2v) is 14.2. The molecule has 55 heavy (non-hydrogen) atoms. The number of fused-ring (bicyclic) bond motifs is 10. The Morgan fingerprint density at radius 3 is 1.44 bits per heavy atom. The van der Waals surface area contributed by atoms with Gasteiger partial charge in [-0.05, 0) is 138 Å². The average Bonchev–Trinajstić information content (AvgIpc) is 3.62. The molecular formula is C52H33N3. The van der Waals surface area contributed by atoms with Gasteiger partial charge in [-0.2, -0.15) is 0 Å². The maximum atomic E-state index is 4.31. The minimum Gasteiger partial charge on any atom is -0.309 e. The smallest absolute Gasteiger partial charge is 0.0632 e. The second kappa shape index (κ2) is 12.6. The van der Waals surface area contributed by atoms with Crippen LogP contribution in [0.15, 0.2) is 201 Å². The van der Waals surface area contributed by atoms with Gasteiger partial charge >= 0.3 is 0 Å². The van der Waals surface area contributed by atoms with Gasteiger partial charge in [-0.25, -0.2) is 0 Å². The van der Waals surface area contributed by atoms with Gasteiger partial charge in [0.2, 0.25) is 0 Å². The Kier molecular flexibility index (Phi) is 7.17. The van der Waals surface area contributed by atoms with E-state index in [1.54, 1.807) is 0 Å². The van der Waals surface area contributed by atoms with E-state index in [0.29, 0.717) is 0 Å². The number of rotatable bonds is 5. The first-order chi connectivity index (χ1) is 27.3. The first-order valence-corrected chi connectivity index (χ1v) is 18.7. The highest BCUT2D eigenvalue weighted by Crippen LogP contribution is 2.47. The number of para-hydroxylation sites is 1. The van der Waals surface area contributed by atoms with Crippen LogP contribution in [0, 0.1) is 0 Å². The Bertz CT molecular complexity index is 3160. The van der Waals surface area contributed by atoms with Crippen molar-refractivity contribution in [1.29, 1.82) is 0 Å². The topological polar surface area (TPSA) is 30.7 Å². The minimum absolute atomic E-state index is 1.13. The highest BCUT2D eigenvalue weighted by molar-refractivity contribution is 6.37. The molecule has 256 valence electrons. The molecule has 0 N–H and O–H groups in total. The summed E-state index contributed by atoms with van der Waals surface area (Å²) >= 11 is 0. The Morgan fingerprint density at radius 2 is 0.782 bits per heavy atom. The number of hydrogen-bond donors (Lipinski definition) is 0.